The summed E-state index contributed by atoms with van der Waals surface area (Å²) in [4.78, 5) is 27.2. The quantitative estimate of drug-likeness (QED) is 0.441. The maximum atomic E-state index is 13.3. The van der Waals surface area contributed by atoms with Crippen LogP contribution in [0.15, 0.2) is 18.8 Å². The molecule has 0 N–H and O–H groups in total. The number of anilines is 1. The van der Waals surface area contributed by atoms with E-state index in [2.05, 4.69) is 33.5 Å². The molecule has 6 rings (SSSR count). The Kier molecular flexibility index (Phi) is 6.85. The van der Waals surface area contributed by atoms with Gasteiger partial charge in [0.15, 0.2) is 0 Å². The van der Waals surface area contributed by atoms with Crippen LogP contribution in [0.3, 0.4) is 0 Å². The molecule has 0 aromatic carbocycles. The van der Waals surface area contributed by atoms with E-state index >= 15 is 0 Å². The van der Waals surface area contributed by atoms with Crippen LogP contribution < -0.4 is 4.90 Å². The van der Waals surface area contributed by atoms with Gasteiger partial charge in [0, 0.05) is 49.3 Å². The zero-order valence-electron chi connectivity index (χ0n) is 22.8. The van der Waals surface area contributed by atoms with Gasteiger partial charge in [0.2, 0.25) is 5.91 Å². The Bertz CT molecular complexity index is 1390. The standard InChI is InChI=1S/C32H36N6O/c1-3-25-15-26(24(16-33)18-35-25)30-20(2)27(17-34)32(36-31(30)23-10-11-23)37-13-14-38(28(19-37)22-8-9-22)29(39)12-7-21-5-4-6-21/h3,15,18,21-23,28H,1,4-14,19H2,2H3. The summed E-state index contributed by atoms with van der Waals surface area (Å²) < 4.78 is 0. The molecule has 1 unspecified atom stereocenters. The first-order valence-corrected chi connectivity index (χ1v) is 14.5. The summed E-state index contributed by atoms with van der Waals surface area (Å²) in [6, 6.07) is 6.82. The van der Waals surface area contributed by atoms with Crippen molar-refractivity contribution in [3.05, 3.63) is 46.9 Å². The van der Waals surface area contributed by atoms with Crippen molar-refractivity contribution >= 4 is 17.8 Å². The lowest BCUT2D eigenvalue weighted by Gasteiger charge is -2.43. The van der Waals surface area contributed by atoms with Crippen LogP contribution in [0.1, 0.15) is 91.8 Å². The Morgan fingerprint density at radius 1 is 1.15 bits per heavy atom. The van der Waals surface area contributed by atoms with Crippen molar-refractivity contribution < 1.29 is 4.79 Å². The van der Waals surface area contributed by atoms with Crippen LogP contribution in [-0.4, -0.2) is 46.5 Å². The van der Waals surface area contributed by atoms with E-state index in [0.29, 0.717) is 54.1 Å². The van der Waals surface area contributed by atoms with E-state index in [1.807, 2.05) is 13.0 Å². The number of aromatic nitrogens is 2. The summed E-state index contributed by atoms with van der Waals surface area (Å²) in [6.07, 6.45) is 13.3. The third kappa shape index (κ3) is 4.91. The summed E-state index contributed by atoms with van der Waals surface area (Å²) in [5.74, 6) is 2.65. The minimum atomic E-state index is 0.186. The second-order valence-electron chi connectivity index (χ2n) is 11.8. The predicted octanol–water partition coefficient (Wildman–Crippen LogP) is 5.72. The molecule has 0 bridgehead atoms. The van der Waals surface area contributed by atoms with Gasteiger partial charge in [-0.05, 0) is 68.6 Å². The predicted molar refractivity (Wildman–Crippen MR) is 151 cm³/mol. The number of hydrogen-bond acceptors (Lipinski definition) is 6. The Labute approximate surface area is 231 Å². The van der Waals surface area contributed by atoms with E-state index in [9.17, 15) is 15.3 Å². The van der Waals surface area contributed by atoms with Crippen LogP contribution in [-0.2, 0) is 4.79 Å². The largest absolute Gasteiger partial charge is 0.352 e. The Balaban J connectivity index is 1.34. The molecule has 2 aromatic rings. The fourth-order valence-electron chi connectivity index (χ4n) is 6.39. The van der Waals surface area contributed by atoms with Gasteiger partial charge in [0.1, 0.15) is 18.0 Å². The third-order valence-electron chi connectivity index (χ3n) is 9.25. The Morgan fingerprint density at radius 2 is 1.95 bits per heavy atom. The van der Waals surface area contributed by atoms with Crippen LogP contribution in [0.5, 0.6) is 0 Å². The van der Waals surface area contributed by atoms with Gasteiger partial charge < -0.3 is 9.80 Å². The fraction of sp³-hybridized carbons (Fsp3) is 0.531. The molecule has 0 spiro atoms. The van der Waals surface area contributed by atoms with Crippen LogP contribution in [0.4, 0.5) is 5.82 Å². The Morgan fingerprint density at radius 3 is 2.56 bits per heavy atom. The maximum absolute atomic E-state index is 13.3. The number of carbonyl (C=O) groups excluding carboxylic acids is 1. The molecular weight excluding hydrogens is 484 g/mol. The Hall–Kier alpha value is -3.71. The molecule has 2 aromatic heterocycles. The minimum absolute atomic E-state index is 0.186. The van der Waals surface area contributed by atoms with Crippen molar-refractivity contribution in [2.24, 2.45) is 11.8 Å². The van der Waals surface area contributed by atoms with Gasteiger partial charge in [-0.1, -0.05) is 25.8 Å². The molecule has 7 heteroatoms. The van der Waals surface area contributed by atoms with Gasteiger partial charge in [0.05, 0.1) is 28.6 Å². The molecule has 3 heterocycles. The van der Waals surface area contributed by atoms with E-state index in [1.54, 1.807) is 12.3 Å². The normalized spacial score (nSPS) is 21.2. The number of hydrogen-bond donors (Lipinski definition) is 0. The zero-order valence-corrected chi connectivity index (χ0v) is 22.8. The number of nitrogens with zero attached hydrogens (tertiary/aromatic N) is 6. The van der Waals surface area contributed by atoms with E-state index in [-0.39, 0.29) is 6.04 Å². The minimum Gasteiger partial charge on any atom is -0.352 e. The summed E-state index contributed by atoms with van der Waals surface area (Å²) in [5.41, 5.74) is 5.24. The average molecular weight is 521 g/mol. The van der Waals surface area contributed by atoms with Crippen molar-refractivity contribution in [1.29, 1.82) is 10.5 Å². The smallest absolute Gasteiger partial charge is 0.222 e. The first-order valence-electron chi connectivity index (χ1n) is 14.5. The molecule has 4 fully saturated rings. The molecule has 1 saturated heterocycles. The van der Waals surface area contributed by atoms with E-state index < -0.39 is 0 Å². The van der Waals surface area contributed by atoms with Gasteiger partial charge >= 0.3 is 0 Å². The molecule has 4 aliphatic rings. The van der Waals surface area contributed by atoms with E-state index in [0.717, 1.165) is 59.9 Å². The number of amides is 1. The molecule has 39 heavy (non-hydrogen) atoms. The molecule has 0 radical (unpaired) electrons. The van der Waals surface area contributed by atoms with Crippen LogP contribution in [0.25, 0.3) is 17.2 Å². The fourth-order valence-corrected chi connectivity index (χ4v) is 6.39. The molecule has 1 aliphatic heterocycles. The van der Waals surface area contributed by atoms with Crippen molar-refractivity contribution in [3.8, 4) is 23.3 Å². The average Bonchev–Trinajstić information content (AvgIpc) is 3.84. The van der Waals surface area contributed by atoms with Gasteiger partial charge in [-0.25, -0.2) is 4.98 Å². The second kappa shape index (κ2) is 10.5. The maximum Gasteiger partial charge on any atom is 0.222 e. The van der Waals surface area contributed by atoms with Crippen molar-refractivity contribution in [2.45, 2.75) is 76.7 Å². The summed E-state index contributed by atoms with van der Waals surface area (Å²) in [5, 5.41) is 20.2. The summed E-state index contributed by atoms with van der Waals surface area (Å²) >= 11 is 0. The van der Waals surface area contributed by atoms with Crippen LogP contribution in [0, 0.1) is 41.4 Å². The highest BCUT2D eigenvalue weighted by Crippen LogP contribution is 2.47. The van der Waals surface area contributed by atoms with Crippen molar-refractivity contribution in [3.63, 3.8) is 0 Å². The topological polar surface area (TPSA) is 96.9 Å². The summed E-state index contributed by atoms with van der Waals surface area (Å²) in [7, 11) is 0. The van der Waals surface area contributed by atoms with Crippen molar-refractivity contribution in [2.75, 3.05) is 24.5 Å². The van der Waals surface area contributed by atoms with Crippen LogP contribution >= 0.6 is 0 Å². The molecule has 3 saturated carbocycles. The second-order valence-corrected chi connectivity index (χ2v) is 11.8. The molecule has 7 nitrogen and oxygen atoms in total. The van der Waals surface area contributed by atoms with E-state index in [1.165, 1.54) is 32.1 Å². The lowest BCUT2D eigenvalue weighted by Crippen LogP contribution is -2.56. The number of carbonyl (C=O) groups is 1. The highest BCUT2D eigenvalue weighted by molar-refractivity contribution is 5.81. The number of piperazine rings is 1. The number of pyridine rings is 2. The third-order valence-corrected chi connectivity index (χ3v) is 9.25. The first-order chi connectivity index (χ1) is 19.0. The molecular formula is C32H36N6O. The number of rotatable bonds is 8. The molecule has 1 amide bonds. The first kappa shape index (κ1) is 25.6. The highest BCUT2D eigenvalue weighted by atomic mass is 16.2. The monoisotopic (exact) mass is 520 g/mol. The van der Waals surface area contributed by atoms with Gasteiger partial charge in [-0.15, -0.1) is 0 Å². The number of nitriles is 2. The van der Waals surface area contributed by atoms with E-state index in [4.69, 9.17) is 4.98 Å². The van der Waals surface area contributed by atoms with Crippen LogP contribution in [0.2, 0.25) is 0 Å². The molecule has 1 atom stereocenters. The molecule has 200 valence electrons. The lowest BCUT2D eigenvalue weighted by atomic mass is 9.82. The van der Waals surface area contributed by atoms with Gasteiger partial charge in [-0.3, -0.25) is 9.78 Å². The van der Waals surface area contributed by atoms with Crippen molar-refractivity contribution in [1.82, 2.24) is 14.9 Å². The highest BCUT2D eigenvalue weighted by Gasteiger charge is 2.42. The van der Waals surface area contributed by atoms with Gasteiger partial charge in [-0.2, -0.15) is 10.5 Å². The lowest BCUT2D eigenvalue weighted by molar-refractivity contribution is -0.135. The molecule has 3 aliphatic carbocycles. The summed E-state index contributed by atoms with van der Waals surface area (Å²) in [6.45, 7) is 7.92. The SMILES string of the molecule is C=Cc1cc(-c2c(C3CC3)nc(N3CCN(C(=O)CCC4CCC4)C(C4CC4)C3)c(C#N)c2C)c(C#N)cn1. The zero-order chi connectivity index (χ0) is 27.1. The van der Waals surface area contributed by atoms with Gasteiger partial charge in [0.25, 0.3) is 0 Å².